The standard InChI is InChI=1S/C26H34N4O2/c1-3-15(2)23(27)25(32)30-29-24(31)22-11-20(19-6-4-5-7-21(19)28-22)26-12-16-8-17(13-26)10-18(9-16)14-26/h4-7,11,15-18,23H,3,8-10,12-14,27H2,1-2H3,(H,29,31)(H,30,32)/t15-,16?,17?,18?,23-,26?/m0/s1. The van der Waals surface area contributed by atoms with Crippen molar-refractivity contribution in [3.05, 3.63) is 41.6 Å². The first-order chi connectivity index (χ1) is 15.4. The molecule has 4 aliphatic rings. The summed E-state index contributed by atoms with van der Waals surface area (Å²) in [6.07, 6.45) is 8.56. The Morgan fingerprint density at radius 2 is 1.72 bits per heavy atom. The molecular weight excluding hydrogens is 400 g/mol. The molecule has 2 atom stereocenters. The van der Waals surface area contributed by atoms with Crippen molar-refractivity contribution in [2.24, 2.45) is 29.4 Å². The largest absolute Gasteiger partial charge is 0.320 e. The fraction of sp³-hybridized carbons (Fsp3) is 0.577. The van der Waals surface area contributed by atoms with Gasteiger partial charge in [0.05, 0.1) is 11.6 Å². The third-order valence-corrected chi connectivity index (χ3v) is 8.42. The molecule has 4 bridgehead atoms. The number of hydrogen-bond acceptors (Lipinski definition) is 4. The molecule has 2 aromatic rings. The van der Waals surface area contributed by atoms with Crippen LogP contribution in [0.2, 0.25) is 0 Å². The Balaban J connectivity index is 1.44. The number of aromatic nitrogens is 1. The zero-order chi connectivity index (χ0) is 22.5. The van der Waals surface area contributed by atoms with E-state index in [2.05, 4.69) is 28.0 Å². The van der Waals surface area contributed by atoms with Crippen LogP contribution in [0.5, 0.6) is 0 Å². The normalized spacial score (nSPS) is 30.2. The van der Waals surface area contributed by atoms with E-state index in [1.165, 1.54) is 44.1 Å². The highest BCUT2D eigenvalue weighted by molar-refractivity contribution is 5.97. The Kier molecular flexibility index (Phi) is 5.44. The number of fused-ring (bicyclic) bond motifs is 1. The number of amides is 2. The maximum absolute atomic E-state index is 13.0. The van der Waals surface area contributed by atoms with Crippen molar-refractivity contribution in [2.45, 2.75) is 70.3 Å². The van der Waals surface area contributed by atoms with E-state index in [1.54, 1.807) is 0 Å². The van der Waals surface area contributed by atoms with Crippen LogP contribution >= 0.6 is 0 Å². The Labute approximate surface area is 189 Å². The predicted molar refractivity (Wildman–Crippen MR) is 125 cm³/mol. The molecule has 170 valence electrons. The SMILES string of the molecule is CC[C@H](C)[C@H](N)C(=O)NNC(=O)c1cc(C23CC4CC(CC(C4)C2)C3)c2ccccc2n1. The van der Waals surface area contributed by atoms with Gasteiger partial charge in [-0.3, -0.25) is 20.4 Å². The van der Waals surface area contributed by atoms with Gasteiger partial charge in [-0.15, -0.1) is 0 Å². The summed E-state index contributed by atoms with van der Waals surface area (Å²) in [5.41, 5.74) is 13.6. The molecule has 4 fully saturated rings. The first-order valence-corrected chi connectivity index (χ1v) is 12.1. The molecule has 4 aliphatic carbocycles. The highest BCUT2D eigenvalue weighted by Crippen LogP contribution is 2.61. The number of carbonyl (C=O) groups is 2. The van der Waals surface area contributed by atoms with Crippen LogP contribution in [0.25, 0.3) is 10.9 Å². The van der Waals surface area contributed by atoms with Crippen LogP contribution in [0.3, 0.4) is 0 Å². The predicted octanol–water partition coefficient (Wildman–Crippen LogP) is 3.84. The summed E-state index contributed by atoms with van der Waals surface area (Å²) < 4.78 is 0. The minimum Gasteiger partial charge on any atom is -0.320 e. The molecule has 0 radical (unpaired) electrons. The lowest BCUT2D eigenvalue weighted by molar-refractivity contribution is -0.124. The fourth-order valence-corrected chi connectivity index (χ4v) is 6.95. The summed E-state index contributed by atoms with van der Waals surface area (Å²) in [6, 6.07) is 9.48. The Morgan fingerprint density at radius 1 is 1.09 bits per heavy atom. The van der Waals surface area contributed by atoms with Gasteiger partial charge < -0.3 is 5.73 Å². The monoisotopic (exact) mass is 434 g/mol. The van der Waals surface area contributed by atoms with Crippen LogP contribution in [-0.2, 0) is 10.2 Å². The number of benzene rings is 1. The van der Waals surface area contributed by atoms with Gasteiger partial charge in [0.25, 0.3) is 11.8 Å². The lowest BCUT2D eigenvalue weighted by Crippen LogP contribution is -2.51. The lowest BCUT2D eigenvalue weighted by Gasteiger charge is -2.57. The second kappa shape index (κ2) is 8.14. The molecule has 1 aromatic carbocycles. The summed E-state index contributed by atoms with van der Waals surface area (Å²) in [4.78, 5) is 30.0. The first kappa shape index (κ1) is 21.4. The zero-order valence-corrected chi connectivity index (χ0v) is 19.1. The van der Waals surface area contributed by atoms with Gasteiger partial charge in [-0.25, -0.2) is 4.98 Å². The molecule has 0 saturated heterocycles. The number of pyridine rings is 1. The van der Waals surface area contributed by atoms with Crippen molar-refractivity contribution in [3.63, 3.8) is 0 Å². The van der Waals surface area contributed by atoms with Crippen LogP contribution < -0.4 is 16.6 Å². The summed E-state index contributed by atoms with van der Waals surface area (Å²) in [5.74, 6) is 1.69. The number of hydrogen-bond donors (Lipinski definition) is 3. The molecule has 1 heterocycles. The van der Waals surface area contributed by atoms with Crippen LogP contribution in [0, 0.1) is 23.7 Å². The molecule has 0 aliphatic heterocycles. The van der Waals surface area contributed by atoms with Crippen molar-refractivity contribution in [1.82, 2.24) is 15.8 Å². The zero-order valence-electron chi connectivity index (χ0n) is 19.1. The topological polar surface area (TPSA) is 97.1 Å². The second-order valence-electron chi connectivity index (χ2n) is 10.6. The summed E-state index contributed by atoms with van der Waals surface area (Å²) in [7, 11) is 0. The summed E-state index contributed by atoms with van der Waals surface area (Å²) in [6.45, 7) is 3.91. The van der Waals surface area contributed by atoms with Crippen LogP contribution in [0.1, 0.15) is 74.8 Å². The molecule has 6 nitrogen and oxygen atoms in total. The molecule has 1 aromatic heterocycles. The number of rotatable bonds is 5. The Bertz CT molecular complexity index is 1010. The molecule has 4 saturated carbocycles. The van der Waals surface area contributed by atoms with E-state index in [-0.39, 0.29) is 17.2 Å². The minimum atomic E-state index is -0.660. The minimum absolute atomic E-state index is 0.0355. The maximum Gasteiger partial charge on any atom is 0.288 e. The fourth-order valence-electron chi connectivity index (χ4n) is 6.95. The van der Waals surface area contributed by atoms with Gasteiger partial charge in [0, 0.05) is 5.39 Å². The smallest absolute Gasteiger partial charge is 0.288 e. The number of para-hydroxylation sites is 1. The van der Waals surface area contributed by atoms with E-state index in [1.807, 2.05) is 32.0 Å². The summed E-state index contributed by atoms with van der Waals surface area (Å²) in [5, 5.41) is 1.16. The van der Waals surface area contributed by atoms with Crippen LogP contribution in [-0.4, -0.2) is 22.8 Å². The molecule has 0 spiro atoms. The van der Waals surface area contributed by atoms with Crippen molar-refractivity contribution in [1.29, 1.82) is 0 Å². The molecule has 32 heavy (non-hydrogen) atoms. The number of carbonyl (C=O) groups excluding carboxylic acids is 2. The van der Waals surface area contributed by atoms with Crippen LogP contribution in [0.4, 0.5) is 0 Å². The first-order valence-electron chi connectivity index (χ1n) is 12.1. The maximum atomic E-state index is 13.0. The summed E-state index contributed by atoms with van der Waals surface area (Å²) >= 11 is 0. The Morgan fingerprint density at radius 3 is 2.34 bits per heavy atom. The molecule has 2 amide bonds. The molecule has 6 heteroatoms. The van der Waals surface area contributed by atoms with E-state index in [0.717, 1.165) is 35.1 Å². The third-order valence-electron chi connectivity index (χ3n) is 8.42. The van der Waals surface area contributed by atoms with Crippen molar-refractivity contribution >= 4 is 22.7 Å². The van der Waals surface area contributed by atoms with Gasteiger partial charge in [0.1, 0.15) is 5.69 Å². The molecule has 6 rings (SSSR count). The Hall–Kier alpha value is -2.47. The lowest BCUT2D eigenvalue weighted by atomic mass is 9.48. The number of hydrazine groups is 1. The van der Waals surface area contributed by atoms with Gasteiger partial charge in [0.15, 0.2) is 0 Å². The number of nitrogens with one attached hydrogen (secondary N) is 2. The molecule has 4 N–H and O–H groups in total. The highest BCUT2D eigenvalue weighted by Gasteiger charge is 2.52. The van der Waals surface area contributed by atoms with E-state index in [0.29, 0.717) is 5.69 Å². The average Bonchev–Trinajstić information content (AvgIpc) is 2.79. The number of nitrogens with zero attached hydrogens (tertiary/aromatic N) is 1. The van der Waals surface area contributed by atoms with Gasteiger partial charge in [0.2, 0.25) is 0 Å². The average molecular weight is 435 g/mol. The highest BCUT2D eigenvalue weighted by atomic mass is 16.2. The van der Waals surface area contributed by atoms with Gasteiger partial charge in [-0.05, 0) is 85.3 Å². The quantitative estimate of drug-likeness (QED) is 0.623. The van der Waals surface area contributed by atoms with Crippen molar-refractivity contribution < 1.29 is 9.59 Å². The molecular formula is C26H34N4O2. The van der Waals surface area contributed by atoms with Gasteiger partial charge in [-0.2, -0.15) is 0 Å². The third kappa shape index (κ3) is 3.68. The second-order valence-corrected chi connectivity index (χ2v) is 10.6. The van der Waals surface area contributed by atoms with Gasteiger partial charge >= 0.3 is 0 Å². The van der Waals surface area contributed by atoms with E-state index < -0.39 is 11.9 Å². The number of nitrogens with two attached hydrogens (primary N) is 1. The van der Waals surface area contributed by atoms with E-state index >= 15 is 0 Å². The van der Waals surface area contributed by atoms with E-state index in [4.69, 9.17) is 5.73 Å². The van der Waals surface area contributed by atoms with Crippen molar-refractivity contribution in [3.8, 4) is 0 Å². The van der Waals surface area contributed by atoms with E-state index in [9.17, 15) is 9.59 Å². The van der Waals surface area contributed by atoms with Crippen LogP contribution in [0.15, 0.2) is 30.3 Å². The molecule has 0 unspecified atom stereocenters. The van der Waals surface area contributed by atoms with Crippen molar-refractivity contribution in [2.75, 3.05) is 0 Å². The van der Waals surface area contributed by atoms with Gasteiger partial charge in [-0.1, -0.05) is 38.5 Å².